The van der Waals surface area contributed by atoms with Crippen LogP contribution in [0.4, 0.5) is 0 Å². The highest BCUT2D eigenvalue weighted by atomic mass is 32.1. The molecule has 0 aliphatic heterocycles. The Labute approximate surface area is 52.8 Å². The van der Waals surface area contributed by atoms with Crippen molar-refractivity contribution in [3.8, 4) is 0 Å². The third-order valence-electron chi connectivity index (χ3n) is 0.479. The molecule has 0 spiro atoms. The SMILES string of the molecule is NCC(=O)OCC=S. The average Bonchev–Trinajstić information content (AvgIpc) is 1.83. The predicted molar refractivity (Wildman–Crippen MR) is 33.7 cm³/mol. The third-order valence-corrected chi connectivity index (χ3v) is 0.615. The van der Waals surface area contributed by atoms with Crippen molar-refractivity contribution in [1.29, 1.82) is 0 Å². The smallest absolute Gasteiger partial charge is 0.320 e. The molecule has 0 aromatic carbocycles. The van der Waals surface area contributed by atoms with Gasteiger partial charge in [-0.25, -0.2) is 0 Å². The molecule has 0 amide bonds. The first-order valence-corrected chi connectivity index (χ1v) is 2.57. The Morgan fingerprint density at radius 1 is 1.88 bits per heavy atom. The van der Waals surface area contributed by atoms with Crippen molar-refractivity contribution in [2.24, 2.45) is 5.73 Å². The first-order chi connectivity index (χ1) is 3.81. The minimum absolute atomic E-state index is 0.0802. The van der Waals surface area contributed by atoms with Gasteiger partial charge in [0.25, 0.3) is 0 Å². The van der Waals surface area contributed by atoms with Crippen molar-refractivity contribution in [2.75, 3.05) is 13.2 Å². The molecule has 0 radical (unpaired) electrons. The molecule has 0 aliphatic carbocycles. The number of rotatable bonds is 3. The van der Waals surface area contributed by atoms with Crippen LogP contribution in [0, 0.1) is 0 Å². The first-order valence-electron chi connectivity index (χ1n) is 2.10. The lowest BCUT2D eigenvalue weighted by atomic mass is 10.7. The molecule has 46 valence electrons. The molecule has 0 aliphatic rings. The molecule has 0 fully saturated rings. The molecule has 0 heterocycles. The van der Waals surface area contributed by atoms with Gasteiger partial charge < -0.3 is 10.5 Å². The lowest BCUT2D eigenvalue weighted by Crippen LogP contribution is -2.17. The van der Waals surface area contributed by atoms with Gasteiger partial charge in [0.05, 0.1) is 6.54 Å². The quantitative estimate of drug-likeness (QED) is 0.416. The molecule has 0 aromatic rings. The lowest BCUT2D eigenvalue weighted by Gasteiger charge is -1.94. The molecule has 0 bridgehead atoms. The van der Waals surface area contributed by atoms with E-state index in [1.165, 1.54) is 5.37 Å². The van der Waals surface area contributed by atoms with Crippen molar-refractivity contribution >= 4 is 23.6 Å². The second kappa shape index (κ2) is 4.67. The van der Waals surface area contributed by atoms with Crippen molar-refractivity contribution in [3.63, 3.8) is 0 Å². The van der Waals surface area contributed by atoms with Gasteiger partial charge in [-0.1, -0.05) is 12.2 Å². The summed E-state index contributed by atoms with van der Waals surface area (Å²) in [5.74, 6) is -0.425. The summed E-state index contributed by atoms with van der Waals surface area (Å²) in [5, 5.41) is 1.33. The Morgan fingerprint density at radius 2 is 2.50 bits per heavy atom. The zero-order valence-corrected chi connectivity index (χ0v) is 5.11. The number of carbonyl (C=O) groups is 1. The van der Waals surface area contributed by atoms with Crippen LogP contribution in [0.3, 0.4) is 0 Å². The number of hydrogen-bond acceptors (Lipinski definition) is 4. The maximum absolute atomic E-state index is 10.2. The van der Waals surface area contributed by atoms with Crippen LogP contribution in [0.15, 0.2) is 0 Å². The van der Waals surface area contributed by atoms with E-state index in [2.05, 4.69) is 17.0 Å². The van der Waals surface area contributed by atoms with Crippen molar-refractivity contribution in [1.82, 2.24) is 0 Å². The van der Waals surface area contributed by atoms with Gasteiger partial charge in [0.2, 0.25) is 0 Å². The van der Waals surface area contributed by atoms with Crippen LogP contribution < -0.4 is 5.73 Å². The molecule has 4 heteroatoms. The van der Waals surface area contributed by atoms with E-state index in [4.69, 9.17) is 5.73 Å². The average molecular weight is 133 g/mol. The van der Waals surface area contributed by atoms with Crippen LogP contribution in [0.2, 0.25) is 0 Å². The highest BCUT2D eigenvalue weighted by molar-refractivity contribution is 7.79. The molecule has 2 N–H and O–H groups in total. The van der Waals surface area contributed by atoms with E-state index in [1.54, 1.807) is 0 Å². The fourth-order valence-electron chi connectivity index (χ4n) is 0.186. The number of nitrogens with two attached hydrogens (primary N) is 1. The van der Waals surface area contributed by atoms with Gasteiger partial charge in [0, 0.05) is 5.37 Å². The molecule has 0 atom stereocenters. The van der Waals surface area contributed by atoms with Crippen molar-refractivity contribution in [2.45, 2.75) is 0 Å². The maximum Gasteiger partial charge on any atom is 0.320 e. The van der Waals surface area contributed by atoms with Gasteiger partial charge in [0.15, 0.2) is 0 Å². The Balaban J connectivity index is 3.11. The normalized spacial score (nSPS) is 8.12. The fourth-order valence-corrected chi connectivity index (χ4v) is 0.254. The van der Waals surface area contributed by atoms with Gasteiger partial charge in [-0.2, -0.15) is 0 Å². The summed E-state index contributed by atoms with van der Waals surface area (Å²) in [7, 11) is 0. The summed E-state index contributed by atoms with van der Waals surface area (Å²) >= 11 is 4.38. The number of carbonyl (C=O) groups excluding carboxylic acids is 1. The third kappa shape index (κ3) is 3.70. The minimum Gasteiger partial charge on any atom is -0.460 e. The highest BCUT2D eigenvalue weighted by Gasteiger charge is 1.92. The molecular formula is C4H7NO2S. The molecule has 0 saturated carbocycles. The molecular weight excluding hydrogens is 126 g/mol. The summed E-state index contributed by atoms with van der Waals surface area (Å²) in [6.07, 6.45) is 0. The van der Waals surface area contributed by atoms with Gasteiger partial charge in [-0.3, -0.25) is 4.79 Å². The molecule has 3 nitrogen and oxygen atoms in total. The zero-order chi connectivity index (χ0) is 6.41. The van der Waals surface area contributed by atoms with Gasteiger partial charge >= 0.3 is 5.97 Å². The fraction of sp³-hybridized carbons (Fsp3) is 0.500. The summed E-state index contributed by atoms with van der Waals surface area (Å²) < 4.78 is 4.42. The molecule has 0 rings (SSSR count). The van der Waals surface area contributed by atoms with E-state index >= 15 is 0 Å². The second-order valence-electron chi connectivity index (χ2n) is 1.05. The predicted octanol–water partition coefficient (Wildman–Crippen LogP) is -0.512. The Bertz CT molecular complexity index is 94.0. The number of ether oxygens (including phenoxy) is 1. The topological polar surface area (TPSA) is 52.3 Å². The Hall–Kier alpha value is -0.480. The Morgan fingerprint density at radius 3 is 2.88 bits per heavy atom. The van der Waals surface area contributed by atoms with Gasteiger partial charge in [0.1, 0.15) is 6.61 Å². The number of thiocarbonyl (C=S) groups is 1. The monoisotopic (exact) mass is 133 g/mol. The molecule has 0 unspecified atom stereocenters. The number of hydrogen-bond donors (Lipinski definition) is 1. The highest BCUT2D eigenvalue weighted by Crippen LogP contribution is 1.70. The van der Waals surface area contributed by atoms with Crippen LogP contribution in [-0.2, 0) is 9.53 Å². The van der Waals surface area contributed by atoms with E-state index in [0.717, 1.165) is 0 Å². The maximum atomic E-state index is 10.2. The minimum atomic E-state index is -0.425. The summed E-state index contributed by atoms with van der Waals surface area (Å²) in [6, 6.07) is 0. The largest absolute Gasteiger partial charge is 0.460 e. The lowest BCUT2D eigenvalue weighted by molar-refractivity contribution is -0.140. The van der Waals surface area contributed by atoms with Crippen molar-refractivity contribution in [3.05, 3.63) is 0 Å². The number of esters is 1. The summed E-state index contributed by atoms with van der Waals surface area (Å²) in [5.41, 5.74) is 4.89. The van der Waals surface area contributed by atoms with E-state index in [9.17, 15) is 4.79 Å². The zero-order valence-electron chi connectivity index (χ0n) is 4.29. The van der Waals surface area contributed by atoms with E-state index in [0.29, 0.717) is 0 Å². The van der Waals surface area contributed by atoms with Crippen LogP contribution >= 0.6 is 12.2 Å². The van der Waals surface area contributed by atoms with Crippen molar-refractivity contribution < 1.29 is 9.53 Å². The van der Waals surface area contributed by atoms with Crippen LogP contribution in [0.5, 0.6) is 0 Å². The summed E-state index contributed by atoms with van der Waals surface area (Å²) in [6.45, 7) is 0.0918. The van der Waals surface area contributed by atoms with Gasteiger partial charge in [-0.05, 0) is 0 Å². The van der Waals surface area contributed by atoms with Crippen LogP contribution in [0.25, 0.3) is 0 Å². The van der Waals surface area contributed by atoms with E-state index < -0.39 is 5.97 Å². The van der Waals surface area contributed by atoms with Gasteiger partial charge in [-0.15, -0.1) is 0 Å². The van der Waals surface area contributed by atoms with E-state index in [1.807, 2.05) is 0 Å². The molecule has 0 saturated heterocycles. The molecule has 8 heavy (non-hydrogen) atoms. The standard InChI is InChI=1S/C4H7NO2S/c5-3-4(6)7-1-2-8/h2H,1,3,5H2. The summed E-state index contributed by atoms with van der Waals surface area (Å²) in [4.78, 5) is 10.2. The molecule has 0 aromatic heterocycles. The van der Waals surface area contributed by atoms with E-state index in [-0.39, 0.29) is 13.2 Å². The Kier molecular flexibility index (Phi) is 4.39. The first kappa shape index (κ1) is 7.52. The van der Waals surface area contributed by atoms with Crippen LogP contribution in [0.1, 0.15) is 0 Å². The second-order valence-corrected chi connectivity index (χ2v) is 1.39. The van der Waals surface area contributed by atoms with Crippen LogP contribution in [-0.4, -0.2) is 24.5 Å².